The molecule has 1 aromatic heterocycles. The average Bonchev–Trinajstić information content (AvgIpc) is 3.61. The quantitative estimate of drug-likeness (QED) is 0.480. The standard InChI is InChI=1S/C31H36F2N6O2/c32-24-6-3-19-13-22(40)14-26(27(19)28(24)33)37-12-7-23-25(17-37)35-30(41-18-31-8-1-10-38(31)11-2-9-31)36-29(23)39-16-20-4-5-21(39)15-34-20/h3,6,13-14,20-21,34,40H,1-2,4-5,7-12,15-18H2/i18D2. The first-order valence-electron chi connectivity index (χ1n) is 15.9. The van der Waals surface area contributed by atoms with Crippen LogP contribution in [0.15, 0.2) is 24.3 Å². The summed E-state index contributed by atoms with van der Waals surface area (Å²) >= 11 is 0. The molecule has 7 heterocycles. The number of hydrogen-bond donors (Lipinski definition) is 2. The van der Waals surface area contributed by atoms with Gasteiger partial charge in [-0.25, -0.2) is 8.78 Å². The van der Waals surface area contributed by atoms with Gasteiger partial charge in [-0.15, -0.1) is 0 Å². The SMILES string of the molecule is [2H]C([2H])(Oc1nc2c(c(N3CC4CCC3CN4)n1)CCN(c1cc(O)cc3ccc(F)c(F)c13)C2)C12CCCN1CCC2. The number of nitrogens with one attached hydrogen (secondary N) is 1. The van der Waals surface area contributed by atoms with Gasteiger partial charge in [-0.1, -0.05) is 6.07 Å². The lowest BCUT2D eigenvalue weighted by atomic mass is 9.92. The molecule has 0 amide bonds. The monoisotopic (exact) mass is 564 g/mol. The molecule has 2 N–H and O–H groups in total. The van der Waals surface area contributed by atoms with Gasteiger partial charge in [0.25, 0.3) is 0 Å². The van der Waals surface area contributed by atoms with Crippen LogP contribution in [0.25, 0.3) is 10.8 Å². The van der Waals surface area contributed by atoms with Gasteiger partial charge in [0, 0.05) is 48.7 Å². The third-order valence-corrected chi connectivity index (χ3v) is 9.93. The van der Waals surface area contributed by atoms with Gasteiger partial charge in [-0.05, 0) is 75.6 Å². The summed E-state index contributed by atoms with van der Waals surface area (Å²) in [5.41, 5.74) is 1.36. The Labute approximate surface area is 241 Å². The lowest BCUT2D eigenvalue weighted by Gasteiger charge is -2.47. The number of halogens is 2. The van der Waals surface area contributed by atoms with E-state index in [4.69, 9.17) is 17.4 Å². The maximum atomic E-state index is 15.2. The van der Waals surface area contributed by atoms with Gasteiger partial charge < -0.3 is 25.0 Å². The Morgan fingerprint density at radius 2 is 1.98 bits per heavy atom. The van der Waals surface area contributed by atoms with E-state index in [9.17, 15) is 9.50 Å². The van der Waals surface area contributed by atoms with E-state index < -0.39 is 23.7 Å². The van der Waals surface area contributed by atoms with Crippen LogP contribution in [0.1, 0.15) is 52.5 Å². The van der Waals surface area contributed by atoms with Gasteiger partial charge in [0.1, 0.15) is 18.1 Å². The highest BCUT2D eigenvalue weighted by molar-refractivity contribution is 5.96. The fourth-order valence-electron chi connectivity index (χ4n) is 7.87. The van der Waals surface area contributed by atoms with Crippen molar-refractivity contribution in [1.29, 1.82) is 0 Å². The van der Waals surface area contributed by atoms with Crippen molar-refractivity contribution in [2.24, 2.45) is 0 Å². The highest BCUT2D eigenvalue weighted by Crippen LogP contribution is 2.41. The topological polar surface area (TPSA) is 77.0 Å². The largest absolute Gasteiger partial charge is 0.508 e. The zero-order valence-corrected chi connectivity index (χ0v) is 23.0. The first-order valence-corrected chi connectivity index (χ1v) is 14.9. The summed E-state index contributed by atoms with van der Waals surface area (Å²) in [5, 5.41) is 14.6. The Morgan fingerprint density at radius 3 is 2.73 bits per heavy atom. The van der Waals surface area contributed by atoms with E-state index in [1.807, 2.05) is 4.90 Å². The maximum Gasteiger partial charge on any atom is 0.318 e. The number of phenols is 1. The fraction of sp³-hybridized carbons (Fsp3) is 0.548. The molecule has 0 saturated carbocycles. The molecule has 41 heavy (non-hydrogen) atoms. The minimum atomic E-state index is -1.98. The second-order valence-electron chi connectivity index (χ2n) is 12.3. The Balaban J connectivity index is 1.20. The van der Waals surface area contributed by atoms with Crippen molar-refractivity contribution >= 4 is 22.3 Å². The number of ether oxygens (including phenoxy) is 1. The highest BCUT2D eigenvalue weighted by atomic mass is 19.2. The summed E-state index contributed by atoms with van der Waals surface area (Å²) in [4.78, 5) is 16.2. The van der Waals surface area contributed by atoms with Crippen molar-refractivity contribution in [1.82, 2.24) is 20.2 Å². The zero-order valence-electron chi connectivity index (χ0n) is 25.0. The summed E-state index contributed by atoms with van der Waals surface area (Å²) in [5.74, 6) is -1.14. The third kappa shape index (κ3) is 4.21. The van der Waals surface area contributed by atoms with Gasteiger partial charge in [-0.3, -0.25) is 4.90 Å². The third-order valence-electron chi connectivity index (χ3n) is 9.93. The highest BCUT2D eigenvalue weighted by Gasteiger charge is 2.45. The molecule has 2 bridgehead atoms. The zero-order chi connectivity index (χ0) is 29.5. The van der Waals surface area contributed by atoms with Crippen LogP contribution >= 0.6 is 0 Å². The molecule has 8 nitrogen and oxygen atoms in total. The Kier molecular flexibility index (Phi) is 5.50. The second-order valence-corrected chi connectivity index (χ2v) is 12.3. The maximum absolute atomic E-state index is 15.2. The van der Waals surface area contributed by atoms with Crippen molar-refractivity contribution in [3.05, 3.63) is 47.2 Å². The first kappa shape index (κ1) is 23.3. The van der Waals surface area contributed by atoms with Gasteiger partial charge >= 0.3 is 6.01 Å². The van der Waals surface area contributed by atoms with Gasteiger partial charge in [0.05, 0.1) is 26.2 Å². The van der Waals surface area contributed by atoms with Crippen LogP contribution in [0.5, 0.6) is 11.8 Å². The number of hydrogen-bond acceptors (Lipinski definition) is 8. The van der Waals surface area contributed by atoms with E-state index in [1.165, 1.54) is 18.2 Å². The number of rotatable bonds is 5. The van der Waals surface area contributed by atoms with Crippen LogP contribution in [0.2, 0.25) is 0 Å². The molecule has 0 spiro atoms. The molecule has 2 atom stereocenters. The Bertz CT molecular complexity index is 1590. The summed E-state index contributed by atoms with van der Waals surface area (Å²) in [6.45, 7) is 2.19. The fourth-order valence-corrected chi connectivity index (χ4v) is 7.87. The van der Waals surface area contributed by atoms with E-state index in [1.54, 1.807) is 0 Å². The predicted molar refractivity (Wildman–Crippen MR) is 153 cm³/mol. The molecule has 5 fully saturated rings. The van der Waals surface area contributed by atoms with Gasteiger partial charge in [0.15, 0.2) is 11.6 Å². The van der Waals surface area contributed by atoms with Crippen LogP contribution in [0, 0.1) is 11.6 Å². The molecular formula is C31H36F2N6O2. The predicted octanol–water partition coefficient (Wildman–Crippen LogP) is 4.12. The number of aromatic nitrogens is 2. The summed E-state index contributed by atoms with van der Waals surface area (Å²) in [7, 11) is 0. The number of nitrogens with zero attached hydrogens (tertiary/aromatic N) is 5. The van der Waals surface area contributed by atoms with E-state index in [0.717, 1.165) is 82.2 Å². The smallest absolute Gasteiger partial charge is 0.318 e. The minimum Gasteiger partial charge on any atom is -0.508 e. The van der Waals surface area contributed by atoms with E-state index >= 15 is 4.39 Å². The average molecular weight is 565 g/mol. The van der Waals surface area contributed by atoms with Crippen molar-refractivity contribution in [2.45, 2.75) is 69.1 Å². The lowest BCUT2D eigenvalue weighted by molar-refractivity contribution is 0.107. The summed E-state index contributed by atoms with van der Waals surface area (Å²) in [6.07, 6.45) is 6.07. The molecule has 0 aliphatic carbocycles. The van der Waals surface area contributed by atoms with Crippen molar-refractivity contribution in [2.75, 3.05) is 49.1 Å². The lowest BCUT2D eigenvalue weighted by Crippen LogP contribution is -2.61. The molecule has 3 aromatic rings. The molecule has 0 radical (unpaired) electrons. The van der Waals surface area contributed by atoms with Crippen LogP contribution in [0.4, 0.5) is 20.3 Å². The molecule has 6 aliphatic heterocycles. The number of piperazine rings is 1. The van der Waals surface area contributed by atoms with Crippen molar-refractivity contribution in [3.63, 3.8) is 0 Å². The van der Waals surface area contributed by atoms with E-state index in [-0.39, 0.29) is 29.7 Å². The van der Waals surface area contributed by atoms with E-state index in [0.29, 0.717) is 35.8 Å². The summed E-state index contributed by atoms with van der Waals surface area (Å²) < 4.78 is 54.0. The van der Waals surface area contributed by atoms with Gasteiger partial charge in [-0.2, -0.15) is 9.97 Å². The Morgan fingerprint density at radius 1 is 1.12 bits per heavy atom. The van der Waals surface area contributed by atoms with E-state index in [2.05, 4.69) is 15.1 Å². The minimum absolute atomic E-state index is 0.0149. The molecule has 6 aliphatic rings. The van der Waals surface area contributed by atoms with Crippen LogP contribution in [-0.4, -0.2) is 76.9 Å². The number of piperidine rings is 2. The molecule has 10 heteroatoms. The first-order chi connectivity index (χ1) is 20.7. The number of fused-ring (bicyclic) bond motifs is 6. The second kappa shape index (κ2) is 9.66. The molecule has 2 aromatic carbocycles. The van der Waals surface area contributed by atoms with Crippen LogP contribution in [-0.2, 0) is 13.0 Å². The van der Waals surface area contributed by atoms with Crippen LogP contribution in [0.3, 0.4) is 0 Å². The summed E-state index contributed by atoms with van der Waals surface area (Å²) in [6, 6.07) is 6.10. The molecule has 5 saturated heterocycles. The number of aromatic hydroxyl groups is 1. The molecular weight excluding hydrogens is 526 g/mol. The Hall–Kier alpha value is -3.24. The van der Waals surface area contributed by atoms with Crippen LogP contribution < -0.4 is 19.9 Å². The van der Waals surface area contributed by atoms with Gasteiger partial charge in [0.2, 0.25) is 0 Å². The molecule has 9 rings (SSSR count). The van der Waals surface area contributed by atoms with Crippen molar-refractivity contribution < 1.29 is 21.4 Å². The van der Waals surface area contributed by atoms with Crippen molar-refractivity contribution in [3.8, 4) is 11.8 Å². The number of benzene rings is 2. The number of phenolic OH excluding ortho intramolecular Hbond substituents is 1. The molecule has 2 unspecified atom stereocenters. The molecule has 216 valence electrons. The number of anilines is 2. The normalized spacial score (nSPS) is 26.2.